The molecule has 0 fully saturated rings. The van der Waals surface area contributed by atoms with Gasteiger partial charge in [0.1, 0.15) is 10.9 Å². The summed E-state index contributed by atoms with van der Waals surface area (Å²) in [5.74, 6) is -0.848. The normalized spacial score (nSPS) is 12.4. The number of carbonyl (C=O) groups is 2. The van der Waals surface area contributed by atoms with Crippen LogP contribution in [-0.4, -0.2) is 34.7 Å². The topological polar surface area (TPSA) is 87.5 Å². The number of carbonyl (C=O) groups excluding carboxylic acids is 2. The van der Waals surface area contributed by atoms with E-state index in [0.717, 1.165) is 0 Å². The highest BCUT2D eigenvalue weighted by molar-refractivity contribution is 7.17. The van der Waals surface area contributed by atoms with Gasteiger partial charge >= 0.3 is 11.9 Å². The predicted octanol–water partition coefficient (Wildman–Crippen LogP) is 2.79. The third-order valence-corrected chi connectivity index (χ3v) is 4.45. The monoisotopic (exact) mass is 366 g/mol. The maximum Gasteiger partial charge on any atom is 0.339 e. The summed E-state index contributed by atoms with van der Waals surface area (Å²) in [5, 5.41) is 1.74. The van der Waals surface area contributed by atoms with Gasteiger partial charge in [0.25, 0.3) is 5.56 Å². The number of nitrogens with zero attached hydrogens (tertiary/aromatic N) is 2. The minimum absolute atomic E-state index is 0.180. The summed E-state index contributed by atoms with van der Waals surface area (Å²) in [6, 6.07) is -0.780. The van der Waals surface area contributed by atoms with Gasteiger partial charge in [-0.3, -0.25) is 9.36 Å². The van der Waals surface area contributed by atoms with Crippen molar-refractivity contribution in [3.8, 4) is 0 Å². The zero-order valence-electron chi connectivity index (χ0n) is 14.8. The molecule has 2 aromatic rings. The number of esters is 2. The van der Waals surface area contributed by atoms with Crippen LogP contribution in [0.25, 0.3) is 10.2 Å². The Kier molecular flexibility index (Phi) is 6.30. The Morgan fingerprint density at radius 1 is 1.28 bits per heavy atom. The molecule has 0 amide bonds. The molecule has 2 rings (SSSR count). The van der Waals surface area contributed by atoms with Crippen LogP contribution in [0, 0.1) is 5.92 Å². The molecule has 2 aromatic heterocycles. The van der Waals surface area contributed by atoms with Crippen molar-refractivity contribution in [1.29, 1.82) is 0 Å². The van der Waals surface area contributed by atoms with Crippen molar-refractivity contribution in [3.63, 3.8) is 0 Å². The van der Waals surface area contributed by atoms with E-state index in [1.165, 1.54) is 22.2 Å². The maximum absolute atomic E-state index is 12.9. The molecular weight excluding hydrogens is 344 g/mol. The molecule has 0 radical (unpaired) electrons. The van der Waals surface area contributed by atoms with Gasteiger partial charge < -0.3 is 9.47 Å². The average molecular weight is 366 g/mol. The first kappa shape index (κ1) is 19.1. The van der Waals surface area contributed by atoms with Gasteiger partial charge in [-0.25, -0.2) is 14.6 Å². The fourth-order valence-corrected chi connectivity index (χ4v) is 3.22. The lowest BCUT2D eigenvalue weighted by Gasteiger charge is -2.17. The Morgan fingerprint density at radius 3 is 2.60 bits per heavy atom. The minimum atomic E-state index is -0.780. The number of aromatic nitrogens is 2. The molecule has 7 nitrogen and oxygen atoms in total. The summed E-state index contributed by atoms with van der Waals surface area (Å²) in [6.45, 7) is 7.85. The number of rotatable bonds is 7. The van der Waals surface area contributed by atoms with E-state index in [4.69, 9.17) is 9.47 Å². The SMILES string of the molecule is CCOC(=O)c1csc2ncn(C(CC)C(=O)OCC(C)C)c(=O)c12. The van der Waals surface area contributed by atoms with Crippen LogP contribution in [0.15, 0.2) is 16.5 Å². The van der Waals surface area contributed by atoms with Gasteiger partial charge in [0, 0.05) is 5.38 Å². The lowest BCUT2D eigenvalue weighted by atomic mass is 10.2. The van der Waals surface area contributed by atoms with Gasteiger partial charge in [-0.15, -0.1) is 11.3 Å². The molecule has 1 unspecified atom stereocenters. The standard InChI is InChI=1S/C17H22N2O5S/c1-5-12(17(22)24-7-10(3)4)19-9-18-14-13(15(19)20)11(8-25-14)16(21)23-6-2/h8-10,12H,5-7H2,1-4H3. The maximum atomic E-state index is 12.9. The fourth-order valence-electron chi connectivity index (χ4n) is 2.35. The van der Waals surface area contributed by atoms with E-state index < -0.39 is 23.5 Å². The smallest absolute Gasteiger partial charge is 0.339 e. The predicted molar refractivity (Wildman–Crippen MR) is 95.0 cm³/mol. The van der Waals surface area contributed by atoms with E-state index in [1.807, 2.05) is 13.8 Å². The Balaban J connectivity index is 2.45. The first-order valence-electron chi connectivity index (χ1n) is 8.22. The Labute approximate surface area is 149 Å². The zero-order valence-corrected chi connectivity index (χ0v) is 15.6. The highest BCUT2D eigenvalue weighted by Crippen LogP contribution is 2.23. The van der Waals surface area contributed by atoms with Gasteiger partial charge in [0.15, 0.2) is 0 Å². The van der Waals surface area contributed by atoms with E-state index in [-0.39, 0.29) is 30.1 Å². The largest absolute Gasteiger partial charge is 0.464 e. The van der Waals surface area contributed by atoms with E-state index >= 15 is 0 Å². The van der Waals surface area contributed by atoms with Gasteiger partial charge in [0.2, 0.25) is 0 Å². The van der Waals surface area contributed by atoms with Gasteiger partial charge in [-0.2, -0.15) is 0 Å². The molecule has 25 heavy (non-hydrogen) atoms. The molecule has 0 spiro atoms. The quantitative estimate of drug-likeness (QED) is 0.700. The number of hydrogen-bond acceptors (Lipinski definition) is 7. The summed E-state index contributed by atoms with van der Waals surface area (Å²) in [6.07, 6.45) is 1.71. The lowest BCUT2D eigenvalue weighted by Crippen LogP contribution is -2.32. The van der Waals surface area contributed by atoms with Crippen LogP contribution in [0.5, 0.6) is 0 Å². The molecule has 1 atom stereocenters. The Hall–Kier alpha value is -2.22. The second-order valence-electron chi connectivity index (χ2n) is 5.95. The Bertz CT molecular complexity index is 824. The summed E-state index contributed by atoms with van der Waals surface area (Å²) in [5.41, 5.74) is -0.262. The van der Waals surface area contributed by atoms with Crippen LogP contribution in [0.2, 0.25) is 0 Å². The first-order valence-corrected chi connectivity index (χ1v) is 9.10. The molecular formula is C17H22N2O5S. The zero-order chi connectivity index (χ0) is 18.6. The van der Waals surface area contributed by atoms with Crippen LogP contribution >= 0.6 is 11.3 Å². The summed E-state index contributed by atoms with van der Waals surface area (Å²) < 4.78 is 11.5. The third kappa shape index (κ3) is 4.07. The number of fused-ring (bicyclic) bond motifs is 1. The minimum Gasteiger partial charge on any atom is -0.464 e. The molecule has 0 aliphatic carbocycles. The molecule has 0 aromatic carbocycles. The van der Waals surface area contributed by atoms with E-state index in [0.29, 0.717) is 11.3 Å². The second-order valence-corrected chi connectivity index (χ2v) is 6.81. The van der Waals surface area contributed by atoms with Gasteiger partial charge in [0.05, 0.1) is 30.5 Å². The molecule has 0 saturated carbocycles. The molecule has 2 heterocycles. The summed E-state index contributed by atoms with van der Waals surface area (Å²) >= 11 is 1.19. The van der Waals surface area contributed by atoms with Crippen molar-refractivity contribution in [2.24, 2.45) is 5.92 Å². The summed E-state index contributed by atoms with van der Waals surface area (Å²) in [4.78, 5) is 41.9. The van der Waals surface area contributed by atoms with Crippen molar-refractivity contribution in [3.05, 3.63) is 27.6 Å². The van der Waals surface area contributed by atoms with Crippen LogP contribution < -0.4 is 5.56 Å². The van der Waals surface area contributed by atoms with Crippen LogP contribution in [0.3, 0.4) is 0 Å². The molecule has 136 valence electrons. The summed E-state index contributed by atoms with van der Waals surface area (Å²) in [7, 11) is 0. The van der Waals surface area contributed by atoms with E-state index in [2.05, 4.69) is 4.98 Å². The van der Waals surface area contributed by atoms with E-state index in [9.17, 15) is 14.4 Å². The molecule has 0 N–H and O–H groups in total. The number of thiophene rings is 1. The molecule has 0 saturated heterocycles. The first-order chi connectivity index (χ1) is 11.9. The third-order valence-electron chi connectivity index (χ3n) is 3.57. The van der Waals surface area contributed by atoms with Crippen molar-refractivity contribution in [1.82, 2.24) is 9.55 Å². The average Bonchev–Trinajstić information content (AvgIpc) is 3.00. The number of hydrogen-bond donors (Lipinski definition) is 0. The Morgan fingerprint density at radius 2 is 2.00 bits per heavy atom. The second kappa shape index (κ2) is 8.24. The van der Waals surface area contributed by atoms with Crippen molar-refractivity contribution < 1.29 is 19.1 Å². The fraction of sp³-hybridized carbons (Fsp3) is 0.529. The molecule has 0 aliphatic heterocycles. The highest BCUT2D eigenvalue weighted by Gasteiger charge is 2.25. The van der Waals surface area contributed by atoms with Crippen molar-refractivity contribution in [2.75, 3.05) is 13.2 Å². The van der Waals surface area contributed by atoms with Crippen LogP contribution in [0.1, 0.15) is 50.5 Å². The lowest BCUT2D eigenvalue weighted by molar-refractivity contribution is -0.149. The highest BCUT2D eigenvalue weighted by atomic mass is 32.1. The molecule has 8 heteroatoms. The van der Waals surface area contributed by atoms with Crippen molar-refractivity contribution >= 4 is 33.5 Å². The molecule has 0 bridgehead atoms. The number of ether oxygens (including phenoxy) is 2. The van der Waals surface area contributed by atoms with Crippen LogP contribution in [-0.2, 0) is 14.3 Å². The van der Waals surface area contributed by atoms with Crippen LogP contribution in [0.4, 0.5) is 0 Å². The van der Waals surface area contributed by atoms with Crippen molar-refractivity contribution in [2.45, 2.75) is 40.2 Å². The van der Waals surface area contributed by atoms with Gasteiger partial charge in [-0.05, 0) is 19.3 Å². The van der Waals surface area contributed by atoms with E-state index in [1.54, 1.807) is 19.2 Å². The molecule has 0 aliphatic rings. The van der Waals surface area contributed by atoms with Gasteiger partial charge in [-0.1, -0.05) is 20.8 Å².